The van der Waals surface area contributed by atoms with Gasteiger partial charge in [0.25, 0.3) is 5.91 Å². The molecule has 3 heterocycles. The van der Waals surface area contributed by atoms with Crippen molar-refractivity contribution in [3.05, 3.63) is 115 Å². The van der Waals surface area contributed by atoms with E-state index in [0.717, 1.165) is 12.0 Å². The Morgan fingerprint density at radius 2 is 1.81 bits per heavy atom. The Morgan fingerprint density at radius 1 is 1.11 bits per heavy atom. The summed E-state index contributed by atoms with van der Waals surface area (Å²) >= 11 is 0. The van der Waals surface area contributed by atoms with E-state index in [-0.39, 0.29) is 25.0 Å². The Bertz CT molecular complexity index is 1750. The molecule has 1 aromatic heterocycles. The Morgan fingerprint density at radius 3 is 2.45 bits per heavy atom. The SMILES string of the molecule is C=CCN1C(=O)[C@]2(O[C@H](CCn3cc(C(CO)c4ccccc4)nn3)[C@@H]([Si](C)(C)F)[C@@H]2C)c2cc(N(C=O)c3ccccc3)ccc21. The number of hydrogen-bond acceptors (Lipinski definition) is 6. The van der Waals surface area contributed by atoms with Gasteiger partial charge in [0.2, 0.25) is 14.8 Å². The van der Waals surface area contributed by atoms with E-state index in [9.17, 15) is 14.7 Å². The fourth-order valence-corrected chi connectivity index (χ4v) is 10.1. The lowest BCUT2D eigenvalue weighted by atomic mass is 9.82. The highest BCUT2D eigenvalue weighted by molar-refractivity contribution is 6.72. The van der Waals surface area contributed by atoms with E-state index in [0.29, 0.717) is 41.3 Å². The van der Waals surface area contributed by atoms with Crippen LogP contribution in [0.5, 0.6) is 0 Å². The average molecular weight is 654 g/mol. The maximum absolute atomic E-state index is 16.3. The molecule has 2 aliphatic heterocycles. The van der Waals surface area contributed by atoms with Gasteiger partial charge in [-0.2, -0.15) is 0 Å². The van der Waals surface area contributed by atoms with Crippen molar-refractivity contribution in [2.24, 2.45) is 5.92 Å². The second-order valence-electron chi connectivity index (χ2n) is 12.8. The first-order valence-electron chi connectivity index (χ1n) is 15.9. The van der Waals surface area contributed by atoms with Gasteiger partial charge in [-0.1, -0.05) is 66.7 Å². The maximum Gasteiger partial charge on any atom is 0.264 e. The molecule has 3 aromatic carbocycles. The van der Waals surface area contributed by atoms with Crippen molar-refractivity contribution in [3.8, 4) is 0 Å². The van der Waals surface area contributed by atoms with Crippen molar-refractivity contribution in [3.63, 3.8) is 0 Å². The van der Waals surface area contributed by atoms with E-state index in [4.69, 9.17) is 4.74 Å². The van der Waals surface area contributed by atoms with Crippen LogP contribution in [-0.4, -0.2) is 60.1 Å². The molecular weight excluding hydrogens is 614 g/mol. The number of aryl methyl sites for hydroxylation is 1. The van der Waals surface area contributed by atoms with E-state index in [1.165, 1.54) is 4.90 Å². The summed E-state index contributed by atoms with van der Waals surface area (Å²) in [6.07, 6.45) is 4.04. The van der Waals surface area contributed by atoms with Crippen molar-refractivity contribution in [1.82, 2.24) is 15.0 Å². The van der Waals surface area contributed by atoms with Crippen molar-refractivity contribution in [2.75, 3.05) is 23.0 Å². The van der Waals surface area contributed by atoms with E-state index < -0.39 is 31.6 Å². The van der Waals surface area contributed by atoms with Gasteiger partial charge in [-0.05, 0) is 55.4 Å². The first-order valence-corrected chi connectivity index (χ1v) is 18.9. The third-order valence-electron chi connectivity index (χ3n) is 9.61. The van der Waals surface area contributed by atoms with E-state index in [1.54, 1.807) is 34.9 Å². The maximum atomic E-state index is 16.3. The number of amides is 2. The predicted octanol–water partition coefficient (Wildman–Crippen LogP) is 6.09. The summed E-state index contributed by atoms with van der Waals surface area (Å²) in [5.74, 6) is -1.06. The standard InChI is InChI=1S/C36H40FN5O4Si/c1-5-19-41-32-17-16-28(42(24-44)27-14-10-7-11-15-27)21-30(32)36(35(41)45)25(2)34(47(3,4)37)33(46-36)18-20-40-22-31(38-39-40)29(23-43)26-12-8-6-9-13-26/h5-17,21-22,24-25,29,33-34,43H,1,18-20,23H2,2-4H3/t25-,29?,33+,34-,36+/m0/s1. The second kappa shape index (κ2) is 13.0. The smallest absolute Gasteiger partial charge is 0.264 e. The molecule has 244 valence electrons. The highest BCUT2D eigenvalue weighted by Gasteiger charge is 2.66. The number of nitrogens with zero attached hydrogens (tertiary/aromatic N) is 5. The van der Waals surface area contributed by atoms with Gasteiger partial charge in [-0.15, -0.1) is 11.7 Å². The van der Waals surface area contributed by atoms with Crippen molar-refractivity contribution >= 4 is 37.8 Å². The minimum atomic E-state index is -3.39. The minimum absolute atomic E-state index is 0.116. The van der Waals surface area contributed by atoms with Gasteiger partial charge in [-0.3, -0.25) is 19.2 Å². The number of halogens is 1. The Kier molecular flexibility index (Phi) is 8.97. The van der Waals surface area contributed by atoms with Crippen molar-refractivity contribution < 1.29 is 23.5 Å². The van der Waals surface area contributed by atoms with Crippen LogP contribution in [0.15, 0.2) is 97.7 Å². The number of hydrogen-bond donors (Lipinski definition) is 1. The Hall–Kier alpha value is -4.45. The Balaban J connectivity index is 1.34. The van der Waals surface area contributed by atoms with Crippen molar-refractivity contribution in [1.29, 1.82) is 0 Å². The molecule has 11 heteroatoms. The van der Waals surface area contributed by atoms with Gasteiger partial charge in [0, 0.05) is 47.7 Å². The summed E-state index contributed by atoms with van der Waals surface area (Å²) in [4.78, 5) is 30.0. The van der Waals surface area contributed by atoms with Crippen LogP contribution in [0.3, 0.4) is 0 Å². The number of ether oxygens (including phenoxy) is 1. The fraction of sp³-hybridized carbons (Fsp3) is 0.333. The van der Waals surface area contributed by atoms with Crippen LogP contribution in [0.25, 0.3) is 0 Å². The molecule has 4 aromatic rings. The van der Waals surface area contributed by atoms with Crippen LogP contribution < -0.4 is 9.80 Å². The van der Waals surface area contributed by atoms with Gasteiger partial charge < -0.3 is 18.9 Å². The quantitative estimate of drug-likeness (QED) is 0.0860. The third-order valence-corrected chi connectivity index (χ3v) is 12.1. The predicted molar refractivity (Wildman–Crippen MR) is 182 cm³/mol. The molecule has 1 N–H and O–H groups in total. The summed E-state index contributed by atoms with van der Waals surface area (Å²) < 4.78 is 24.9. The molecule has 0 saturated carbocycles. The Labute approximate surface area is 275 Å². The molecule has 9 nitrogen and oxygen atoms in total. The molecule has 1 unspecified atom stereocenters. The average Bonchev–Trinajstić information content (AvgIpc) is 3.72. The lowest BCUT2D eigenvalue weighted by molar-refractivity contribution is -0.145. The molecule has 0 aliphatic carbocycles. The summed E-state index contributed by atoms with van der Waals surface area (Å²) in [7, 11) is -3.39. The molecule has 1 saturated heterocycles. The molecule has 2 amide bonds. The molecule has 6 rings (SSSR count). The number of anilines is 3. The number of aliphatic hydroxyl groups excluding tert-OH is 1. The van der Waals surface area contributed by atoms with Gasteiger partial charge in [0.1, 0.15) is 0 Å². The van der Waals surface area contributed by atoms with Crippen LogP contribution in [-0.2, 0) is 26.5 Å². The first kappa shape index (κ1) is 32.5. The number of aromatic nitrogens is 3. The lowest BCUT2D eigenvalue weighted by Gasteiger charge is -2.31. The van der Waals surface area contributed by atoms with Crippen LogP contribution >= 0.6 is 0 Å². The second-order valence-corrected chi connectivity index (χ2v) is 16.6. The molecule has 5 atom stereocenters. The minimum Gasteiger partial charge on any atom is -0.395 e. The normalized spacial score (nSPS) is 22.8. The van der Waals surface area contributed by atoms with E-state index in [1.807, 2.05) is 85.8 Å². The number of aliphatic hydroxyl groups is 1. The molecule has 2 aliphatic rings. The molecular formula is C36H40FN5O4Si. The number of carbonyl (C=O) groups excluding carboxylic acids is 2. The molecule has 1 fully saturated rings. The van der Waals surface area contributed by atoms with Gasteiger partial charge >= 0.3 is 0 Å². The number of fused-ring (bicyclic) bond motifs is 2. The topological polar surface area (TPSA) is 101 Å². The summed E-state index contributed by atoms with van der Waals surface area (Å²) in [5, 5.41) is 18.8. The van der Waals surface area contributed by atoms with Gasteiger partial charge in [0.15, 0.2) is 5.60 Å². The van der Waals surface area contributed by atoms with E-state index >= 15 is 4.11 Å². The number of rotatable bonds is 12. The first-order chi connectivity index (χ1) is 22.6. The third kappa shape index (κ3) is 5.72. The number of carbonyl (C=O) groups is 2. The lowest BCUT2D eigenvalue weighted by Crippen LogP contribution is -2.45. The van der Waals surface area contributed by atoms with Crippen LogP contribution in [0.1, 0.15) is 36.1 Å². The van der Waals surface area contributed by atoms with Crippen LogP contribution in [0, 0.1) is 5.92 Å². The number of benzene rings is 3. The zero-order valence-corrected chi connectivity index (χ0v) is 27.9. The largest absolute Gasteiger partial charge is 0.395 e. The van der Waals surface area contributed by atoms with Crippen LogP contribution in [0.2, 0.25) is 18.6 Å². The number of para-hydroxylation sites is 1. The van der Waals surface area contributed by atoms with Crippen LogP contribution in [0.4, 0.5) is 21.2 Å². The van der Waals surface area contributed by atoms with Crippen molar-refractivity contribution in [2.45, 2.75) is 56.1 Å². The molecule has 0 radical (unpaired) electrons. The van der Waals surface area contributed by atoms with E-state index in [2.05, 4.69) is 16.9 Å². The highest BCUT2D eigenvalue weighted by atomic mass is 28.4. The highest BCUT2D eigenvalue weighted by Crippen LogP contribution is 2.60. The fourth-order valence-electron chi connectivity index (χ4n) is 7.52. The zero-order valence-electron chi connectivity index (χ0n) is 26.9. The summed E-state index contributed by atoms with van der Waals surface area (Å²) in [6, 6.07) is 24.4. The van der Waals surface area contributed by atoms with Gasteiger partial charge in [0.05, 0.1) is 30.0 Å². The summed E-state index contributed by atoms with van der Waals surface area (Å²) in [6.45, 7) is 9.66. The molecule has 1 spiro atoms. The molecule has 0 bridgehead atoms. The summed E-state index contributed by atoms with van der Waals surface area (Å²) in [5.41, 5.74) is 2.19. The monoisotopic (exact) mass is 653 g/mol. The zero-order chi connectivity index (χ0) is 33.3. The van der Waals surface area contributed by atoms with Gasteiger partial charge in [-0.25, -0.2) is 0 Å². The molecule has 47 heavy (non-hydrogen) atoms.